The molecule has 5 nitrogen and oxygen atoms in total. The molecule has 0 bridgehead atoms. The Morgan fingerprint density at radius 3 is 2.58 bits per heavy atom. The highest BCUT2D eigenvalue weighted by Gasteiger charge is 2.12. The van der Waals surface area contributed by atoms with Gasteiger partial charge in [0.1, 0.15) is 5.75 Å². The Morgan fingerprint density at radius 1 is 1.15 bits per heavy atom. The van der Waals surface area contributed by atoms with E-state index in [0.29, 0.717) is 23.1 Å². The van der Waals surface area contributed by atoms with Gasteiger partial charge in [-0.1, -0.05) is 41.9 Å². The number of carbonyl (C=O) groups is 2. The number of hydrogen-bond acceptors (Lipinski definition) is 3. The van der Waals surface area contributed by atoms with Gasteiger partial charge in [0.05, 0.1) is 23.9 Å². The molecule has 0 aliphatic heterocycles. The molecule has 0 atom stereocenters. The summed E-state index contributed by atoms with van der Waals surface area (Å²) in [5.41, 5.74) is 1.32. The highest BCUT2D eigenvalue weighted by Crippen LogP contribution is 2.21. The molecule has 2 aromatic rings. The summed E-state index contributed by atoms with van der Waals surface area (Å²) in [7, 11) is 1.56. The molecule has 2 rings (SSSR count). The maximum absolute atomic E-state index is 12.2. The van der Waals surface area contributed by atoms with Gasteiger partial charge in [-0.15, -0.1) is 0 Å². The Bertz CT molecular complexity index is 805. The molecule has 0 radical (unpaired) electrons. The molecule has 2 amide bonds. The number of rotatable bonds is 7. The summed E-state index contributed by atoms with van der Waals surface area (Å²) < 4.78 is 5.52. The third-order valence-electron chi connectivity index (χ3n) is 3.53. The second-order valence-electron chi connectivity index (χ2n) is 5.53. The van der Waals surface area contributed by atoms with E-state index in [4.69, 9.17) is 16.3 Å². The molecule has 1 N–H and O–H groups in total. The van der Waals surface area contributed by atoms with Gasteiger partial charge in [-0.25, -0.2) is 0 Å². The van der Waals surface area contributed by atoms with Crippen molar-refractivity contribution in [1.82, 2.24) is 4.90 Å². The lowest BCUT2D eigenvalue weighted by molar-refractivity contribution is -0.129. The predicted octanol–water partition coefficient (Wildman–Crippen LogP) is 3.85. The predicted molar refractivity (Wildman–Crippen MR) is 104 cm³/mol. The lowest BCUT2D eigenvalue weighted by atomic mass is 10.2. The van der Waals surface area contributed by atoms with Gasteiger partial charge in [-0.05, 0) is 31.2 Å². The molecule has 0 saturated carbocycles. The largest absolute Gasteiger partial charge is 0.493 e. The molecule has 0 aromatic heterocycles. The fourth-order valence-corrected chi connectivity index (χ4v) is 2.42. The van der Waals surface area contributed by atoms with Crippen LogP contribution in [0.2, 0.25) is 5.02 Å². The van der Waals surface area contributed by atoms with Crippen molar-refractivity contribution in [3.63, 3.8) is 0 Å². The standard InChI is InChI=1S/C20H21ClN2O3/c1-3-26-18-11-7-4-8-15(18)12-13-20(25)23(2)14-19(24)22-17-10-6-5-9-16(17)21/h4-13H,3,14H2,1-2H3,(H,22,24)/b13-12-. The van der Waals surface area contributed by atoms with E-state index in [1.807, 2.05) is 31.2 Å². The fraction of sp³-hybridized carbons (Fsp3) is 0.200. The minimum Gasteiger partial charge on any atom is -0.493 e. The first kappa shape index (κ1) is 19.5. The average molecular weight is 373 g/mol. The summed E-state index contributed by atoms with van der Waals surface area (Å²) in [5.74, 6) is 0.0980. The summed E-state index contributed by atoms with van der Waals surface area (Å²) >= 11 is 6.01. The van der Waals surface area contributed by atoms with E-state index >= 15 is 0 Å². The van der Waals surface area contributed by atoms with Crippen LogP contribution in [-0.4, -0.2) is 36.9 Å². The number of benzene rings is 2. The molecule has 26 heavy (non-hydrogen) atoms. The minimum atomic E-state index is -0.322. The molecule has 6 heteroatoms. The van der Waals surface area contributed by atoms with Crippen LogP contribution in [0.3, 0.4) is 0 Å². The van der Waals surface area contributed by atoms with E-state index in [2.05, 4.69) is 5.32 Å². The Hall–Kier alpha value is -2.79. The summed E-state index contributed by atoms with van der Waals surface area (Å²) in [5, 5.41) is 3.13. The topological polar surface area (TPSA) is 58.6 Å². The number of para-hydroxylation sites is 2. The number of hydrogen-bond donors (Lipinski definition) is 1. The van der Waals surface area contributed by atoms with Crippen molar-refractivity contribution in [3.8, 4) is 5.75 Å². The van der Waals surface area contributed by atoms with Crippen LogP contribution < -0.4 is 10.1 Å². The molecule has 2 aromatic carbocycles. The average Bonchev–Trinajstić information content (AvgIpc) is 2.62. The maximum Gasteiger partial charge on any atom is 0.246 e. The maximum atomic E-state index is 12.2. The van der Waals surface area contributed by atoms with E-state index in [9.17, 15) is 9.59 Å². The van der Waals surface area contributed by atoms with Crippen molar-refractivity contribution in [1.29, 1.82) is 0 Å². The SMILES string of the molecule is CCOc1ccccc1/C=C\C(=O)N(C)CC(=O)Nc1ccccc1Cl. The quantitative estimate of drug-likeness (QED) is 0.751. The van der Waals surface area contributed by atoms with Gasteiger partial charge in [0.25, 0.3) is 0 Å². The third-order valence-corrected chi connectivity index (χ3v) is 3.86. The number of nitrogens with zero attached hydrogens (tertiary/aromatic N) is 1. The van der Waals surface area contributed by atoms with Crippen LogP contribution in [0.25, 0.3) is 6.08 Å². The van der Waals surface area contributed by atoms with E-state index in [-0.39, 0.29) is 18.4 Å². The van der Waals surface area contributed by atoms with E-state index in [1.54, 1.807) is 37.4 Å². The molecule has 0 fully saturated rings. The Morgan fingerprint density at radius 2 is 1.85 bits per heavy atom. The molecule has 0 unspecified atom stereocenters. The van der Waals surface area contributed by atoms with Crippen molar-refractivity contribution in [2.75, 3.05) is 25.5 Å². The number of likely N-dealkylation sites (N-methyl/N-ethyl adjacent to an activating group) is 1. The second kappa shape index (κ2) is 9.63. The summed E-state index contributed by atoms with van der Waals surface area (Å²) in [6.07, 6.45) is 3.09. The molecule has 0 aliphatic rings. The lowest BCUT2D eigenvalue weighted by Crippen LogP contribution is -2.33. The first-order valence-corrected chi connectivity index (χ1v) is 8.58. The number of amides is 2. The first-order valence-electron chi connectivity index (χ1n) is 8.20. The van der Waals surface area contributed by atoms with Crippen LogP contribution in [0.15, 0.2) is 54.6 Å². The molecule has 0 spiro atoms. The van der Waals surface area contributed by atoms with Gasteiger partial charge < -0.3 is 15.0 Å². The van der Waals surface area contributed by atoms with E-state index in [1.165, 1.54) is 11.0 Å². The smallest absolute Gasteiger partial charge is 0.246 e. The number of anilines is 1. The number of halogens is 1. The second-order valence-corrected chi connectivity index (χ2v) is 5.93. The zero-order valence-electron chi connectivity index (χ0n) is 14.7. The van der Waals surface area contributed by atoms with Crippen molar-refractivity contribution in [2.24, 2.45) is 0 Å². The molecule has 0 aliphatic carbocycles. The first-order chi connectivity index (χ1) is 12.5. The Kier molecular flexibility index (Phi) is 7.24. The van der Waals surface area contributed by atoms with Crippen LogP contribution in [0, 0.1) is 0 Å². The minimum absolute atomic E-state index is 0.0818. The summed E-state index contributed by atoms with van der Waals surface area (Å²) in [6, 6.07) is 14.4. The highest BCUT2D eigenvalue weighted by molar-refractivity contribution is 6.33. The Labute approximate surface area is 158 Å². The van der Waals surface area contributed by atoms with Crippen molar-refractivity contribution < 1.29 is 14.3 Å². The normalized spacial score (nSPS) is 10.6. The van der Waals surface area contributed by atoms with Crippen LogP contribution in [-0.2, 0) is 9.59 Å². The van der Waals surface area contributed by atoms with Gasteiger partial charge in [-0.3, -0.25) is 9.59 Å². The monoisotopic (exact) mass is 372 g/mol. The van der Waals surface area contributed by atoms with Crippen molar-refractivity contribution >= 4 is 35.2 Å². The van der Waals surface area contributed by atoms with Crippen molar-refractivity contribution in [3.05, 3.63) is 65.2 Å². The zero-order valence-corrected chi connectivity index (χ0v) is 15.5. The van der Waals surface area contributed by atoms with E-state index < -0.39 is 0 Å². The Balaban J connectivity index is 1.95. The fourth-order valence-electron chi connectivity index (χ4n) is 2.24. The molecular weight excluding hydrogens is 352 g/mol. The summed E-state index contributed by atoms with van der Waals surface area (Å²) in [4.78, 5) is 25.6. The van der Waals surface area contributed by atoms with Gasteiger partial charge in [-0.2, -0.15) is 0 Å². The van der Waals surface area contributed by atoms with Gasteiger partial charge >= 0.3 is 0 Å². The van der Waals surface area contributed by atoms with Crippen LogP contribution in [0.5, 0.6) is 5.75 Å². The number of carbonyl (C=O) groups excluding carboxylic acids is 2. The molecular formula is C20H21ClN2O3. The number of nitrogens with one attached hydrogen (secondary N) is 1. The van der Waals surface area contributed by atoms with Crippen LogP contribution >= 0.6 is 11.6 Å². The van der Waals surface area contributed by atoms with Crippen molar-refractivity contribution in [2.45, 2.75) is 6.92 Å². The van der Waals surface area contributed by atoms with Crippen LogP contribution in [0.4, 0.5) is 5.69 Å². The molecule has 0 heterocycles. The van der Waals surface area contributed by atoms with Crippen LogP contribution in [0.1, 0.15) is 12.5 Å². The van der Waals surface area contributed by atoms with Gasteiger partial charge in [0.2, 0.25) is 11.8 Å². The van der Waals surface area contributed by atoms with E-state index in [0.717, 1.165) is 5.56 Å². The molecule has 136 valence electrons. The highest BCUT2D eigenvalue weighted by atomic mass is 35.5. The van der Waals surface area contributed by atoms with Gasteiger partial charge in [0.15, 0.2) is 0 Å². The van der Waals surface area contributed by atoms with Gasteiger partial charge in [0, 0.05) is 18.7 Å². The summed E-state index contributed by atoms with van der Waals surface area (Å²) in [6.45, 7) is 2.36. The lowest BCUT2D eigenvalue weighted by Gasteiger charge is -2.15. The number of ether oxygens (including phenoxy) is 1. The third kappa shape index (κ3) is 5.63. The zero-order chi connectivity index (χ0) is 18.9. The molecule has 0 saturated heterocycles.